The highest BCUT2D eigenvalue weighted by molar-refractivity contribution is 9.10. The second-order valence-corrected chi connectivity index (χ2v) is 7.01. The Bertz CT molecular complexity index is 411. The first-order chi connectivity index (χ1) is 9.13. The van der Waals surface area contributed by atoms with E-state index in [9.17, 15) is 0 Å². The van der Waals surface area contributed by atoms with Crippen molar-refractivity contribution in [2.45, 2.75) is 51.6 Å². The van der Waals surface area contributed by atoms with Crippen molar-refractivity contribution in [3.05, 3.63) is 15.9 Å². The molecule has 0 atom stereocenters. The summed E-state index contributed by atoms with van der Waals surface area (Å²) in [6.45, 7) is 4.17. The predicted molar refractivity (Wildman–Crippen MR) is 86.7 cm³/mol. The fraction of sp³-hybridized carbons (Fsp3) is 0.786. The molecule has 108 valence electrons. The second kappa shape index (κ2) is 7.23. The van der Waals surface area contributed by atoms with Crippen molar-refractivity contribution >= 4 is 31.9 Å². The van der Waals surface area contributed by atoms with Gasteiger partial charge in [0.15, 0.2) is 0 Å². The number of halogens is 2. The first-order valence-corrected chi connectivity index (χ1v) is 9.03. The van der Waals surface area contributed by atoms with Crippen molar-refractivity contribution in [3.63, 3.8) is 0 Å². The van der Waals surface area contributed by atoms with Crippen LogP contribution in [0, 0.1) is 6.92 Å². The molecule has 1 fully saturated rings. The van der Waals surface area contributed by atoms with Gasteiger partial charge in [-0.1, -0.05) is 35.2 Å². The summed E-state index contributed by atoms with van der Waals surface area (Å²) < 4.78 is 3.19. The quantitative estimate of drug-likeness (QED) is 0.705. The summed E-state index contributed by atoms with van der Waals surface area (Å²) in [4.78, 5) is 2.62. The van der Waals surface area contributed by atoms with Crippen LogP contribution in [-0.2, 0) is 13.6 Å². The number of alkyl halides is 1. The summed E-state index contributed by atoms with van der Waals surface area (Å²) >= 11 is 7.28. The zero-order valence-corrected chi connectivity index (χ0v) is 15.0. The van der Waals surface area contributed by atoms with Gasteiger partial charge in [0, 0.05) is 31.5 Å². The van der Waals surface area contributed by atoms with Gasteiger partial charge in [-0.15, -0.1) is 0 Å². The van der Waals surface area contributed by atoms with E-state index in [0.717, 1.165) is 30.2 Å². The fourth-order valence-corrected chi connectivity index (χ4v) is 3.91. The van der Waals surface area contributed by atoms with Crippen molar-refractivity contribution in [3.8, 4) is 0 Å². The Labute approximate surface area is 133 Å². The Kier molecular flexibility index (Phi) is 5.90. The Morgan fingerprint density at radius 1 is 1.32 bits per heavy atom. The second-order valence-electron chi connectivity index (χ2n) is 5.42. The number of aromatic nitrogens is 2. The molecule has 0 aliphatic heterocycles. The van der Waals surface area contributed by atoms with Crippen molar-refractivity contribution in [2.75, 3.05) is 11.9 Å². The average molecular weight is 393 g/mol. The molecule has 2 rings (SSSR count). The molecule has 1 aromatic heterocycles. The topological polar surface area (TPSA) is 21.1 Å². The van der Waals surface area contributed by atoms with Crippen LogP contribution >= 0.6 is 31.9 Å². The number of hydrogen-bond acceptors (Lipinski definition) is 2. The minimum absolute atomic E-state index is 0.744. The largest absolute Gasteiger partial charge is 0.294 e. The SMILES string of the molecule is Cc1nn(C)c(CN(CCBr)C2CCCCC2)c1Br. The van der Waals surface area contributed by atoms with E-state index in [1.54, 1.807) is 0 Å². The van der Waals surface area contributed by atoms with E-state index in [1.165, 1.54) is 42.3 Å². The third-order valence-electron chi connectivity index (χ3n) is 4.08. The van der Waals surface area contributed by atoms with Crippen LogP contribution in [0.5, 0.6) is 0 Å². The minimum atomic E-state index is 0.744. The molecular weight excluding hydrogens is 370 g/mol. The molecule has 0 N–H and O–H groups in total. The summed E-state index contributed by atoms with van der Waals surface area (Å²) in [6.07, 6.45) is 6.88. The normalized spacial score (nSPS) is 17.3. The summed E-state index contributed by atoms with van der Waals surface area (Å²) in [5.41, 5.74) is 2.38. The van der Waals surface area contributed by atoms with Crippen molar-refractivity contribution in [2.24, 2.45) is 7.05 Å². The Morgan fingerprint density at radius 2 is 2.00 bits per heavy atom. The monoisotopic (exact) mass is 391 g/mol. The molecule has 1 aliphatic carbocycles. The molecule has 1 aromatic rings. The van der Waals surface area contributed by atoms with Crippen LogP contribution in [0.3, 0.4) is 0 Å². The van der Waals surface area contributed by atoms with Crippen LogP contribution in [-0.4, -0.2) is 32.6 Å². The summed E-state index contributed by atoms with van der Waals surface area (Å²) in [6, 6.07) is 0.744. The molecule has 0 saturated heterocycles. The van der Waals surface area contributed by atoms with E-state index in [0.29, 0.717) is 0 Å². The van der Waals surface area contributed by atoms with Crippen LogP contribution in [0.2, 0.25) is 0 Å². The number of aryl methyl sites for hydroxylation is 2. The van der Waals surface area contributed by atoms with E-state index in [2.05, 4.69) is 48.8 Å². The van der Waals surface area contributed by atoms with Gasteiger partial charge in [-0.3, -0.25) is 9.58 Å². The zero-order valence-electron chi connectivity index (χ0n) is 11.8. The first kappa shape index (κ1) is 15.5. The van der Waals surface area contributed by atoms with Crippen LogP contribution in [0.1, 0.15) is 43.5 Å². The van der Waals surface area contributed by atoms with Gasteiger partial charge in [0.1, 0.15) is 0 Å². The highest BCUT2D eigenvalue weighted by Crippen LogP contribution is 2.27. The van der Waals surface area contributed by atoms with Gasteiger partial charge < -0.3 is 0 Å². The maximum absolute atomic E-state index is 4.50. The molecule has 0 radical (unpaired) electrons. The minimum Gasteiger partial charge on any atom is -0.294 e. The van der Waals surface area contributed by atoms with Crippen molar-refractivity contribution in [1.29, 1.82) is 0 Å². The highest BCUT2D eigenvalue weighted by atomic mass is 79.9. The summed E-state index contributed by atoms with van der Waals surface area (Å²) in [5, 5.41) is 5.54. The maximum Gasteiger partial charge on any atom is 0.0739 e. The molecule has 19 heavy (non-hydrogen) atoms. The number of hydrogen-bond donors (Lipinski definition) is 0. The third kappa shape index (κ3) is 3.82. The first-order valence-electron chi connectivity index (χ1n) is 7.11. The molecule has 0 unspecified atom stereocenters. The van der Waals surface area contributed by atoms with E-state index in [1.807, 2.05) is 11.7 Å². The van der Waals surface area contributed by atoms with Crippen LogP contribution in [0.15, 0.2) is 4.47 Å². The van der Waals surface area contributed by atoms with E-state index in [4.69, 9.17) is 0 Å². The lowest BCUT2D eigenvalue weighted by Gasteiger charge is -2.34. The lowest BCUT2D eigenvalue weighted by Crippen LogP contribution is -2.38. The molecule has 0 aromatic carbocycles. The molecule has 5 heteroatoms. The summed E-state index contributed by atoms with van der Waals surface area (Å²) in [7, 11) is 2.04. The predicted octanol–water partition coefficient (Wildman–Crippen LogP) is 4.02. The van der Waals surface area contributed by atoms with Crippen LogP contribution < -0.4 is 0 Å². The summed E-state index contributed by atoms with van der Waals surface area (Å²) in [5.74, 6) is 0. The van der Waals surface area contributed by atoms with Gasteiger partial charge >= 0.3 is 0 Å². The Hall–Kier alpha value is 0.130. The Morgan fingerprint density at radius 3 is 2.53 bits per heavy atom. The molecule has 0 spiro atoms. The molecular formula is C14H23Br2N3. The molecule has 1 aliphatic rings. The van der Waals surface area contributed by atoms with Crippen LogP contribution in [0.25, 0.3) is 0 Å². The highest BCUT2D eigenvalue weighted by Gasteiger charge is 2.23. The molecule has 3 nitrogen and oxygen atoms in total. The van der Waals surface area contributed by atoms with Gasteiger partial charge in [-0.25, -0.2) is 0 Å². The smallest absolute Gasteiger partial charge is 0.0739 e. The fourth-order valence-electron chi connectivity index (χ4n) is 2.99. The van der Waals surface area contributed by atoms with Crippen LogP contribution in [0.4, 0.5) is 0 Å². The van der Waals surface area contributed by atoms with Crippen molar-refractivity contribution in [1.82, 2.24) is 14.7 Å². The van der Waals surface area contributed by atoms with E-state index >= 15 is 0 Å². The molecule has 1 saturated carbocycles. The lowest BCUT2D eigenvalue weighted by atomic mass is 9.94. The standard InChI is InChI=1S/C14H23Br2N3/c1-11-14(16)13(18(2)17-11)10-19(9-8-15)12-6-4-3-5-7-12/h12H,3-10H2,1-2H3. The van der Waals surface area contributed by atoms with E-state index in [-0.39, 0.29) is 0 Å². The lowest BCUT2D eigenvalue weighted by molar-refractivity contribution is 0.154. The third-order valence-corrected chi connectivity index (χ3v) is 5.46. The van der Waals surface area contributed by atoms with Gasteiger partial charge in [0.25, 0.3) is 0 Å². The molecule has 1 heterocycles. The number of nitrogens with zero attached hydrogens (tertiary/aromatic N) is 3. The van der Waals surface area contributed by atoms with Gasteiger partial charge in [0.2, 0.25) is 0 Å². The van der Waals surface area contributed by atoms with E-state index < -0.39 is 0 Å². The molecule has 0 amide bonds. The average Bonchev–Trinajstić information content (AvgIpc) is 2.65. The van der Waals surface area contributed by atoms with Gasteiger partial charge in [-0.2, -0.15) is 5.10 Å². The van der Waals surface area contributed by atoms with Crippen molar-refractivity contribution < 1.29 is 0 Å². The Balaban J connectivity index is 2.11. The van der Waals surface area contributed by atoms with Gasteiger partial charge in [-0.05, 0) is 35.7 Å². The zero-order chi connectivity index (χ0) is 13.8. The van der Waals surface area contributed by atoms with Gasteiger partial charge in [0.05, 0.1) is 15.9 Å². The maximum atomic E-state index is 4.50. The molecule has 0 bridgehead atoms. The number of rotatable bonds is 5.